The summed E-state index contributed by atoms with van der Waals surface area (Å²) in [6, 6.07) is 5.33. The molecule has 1 aromatic heterocycles. The molecule has 10 heteroatoms. The third-order valence-corrected chi connectivity index (χ3v) is 5.52. The number of hydrogen-bond donors (Lipinski definition) is 2. The van der Waals surface area contributed by atoms with E-state index < -0.39 is 11.7 Å². The van der Waals surface area contributed by atoms with Crippen LogP contribution in [-0.4, -0.2) is 52.5 Å². The number of aromatic nitrogens is 2. The van der Waals surface area contributed by atoms with Crippen LogP contribution in [0.15, 0.2) is 24.3 Å². The summed E-state index contributed by atoms with van der Waals surface area (Å²) in [7, 11) is 0. The lowest BCUT2D eigenvalue weighted by atomic mass is 9.96. The van der Waals surface area contributed by atoms with E-state index in [0.29, 0.717) is 38.2 Å². The van der Waals surface area contributed by atoms with Crippen LogP contribution in [0.4, 0.5) is 10.1 Å². The van der Waals surface area contributed by atoms with Crippen molar-refractivity contribution in [3.8, 4) is 0 Å². The van der Waals surface area contributed by atoms with Gasteiger partial charge in [-0.2, -0.15) is 0 Å². The standard InChI is InChI=1S/C19H22FN5O3S/c1-2-9-21-15(26)12-7-10-25(11-8-12)19(28)18-24-23-17(29-18)16(27)22-14-5-3-13(20)4-6-14/h3-6,12H,2,7-11H2,1H3,(H,21,26)(H,22,27). The van der Waals surface area contributed by atoms with Crippen LogP contribution < -0.4 is 10.6 Å². The lowest BCUT2D eigenvalue weighted by Gasteiger charge is -2.30. The van der Waals surface area contributed by atoms with Crippen LogP contribution in [0.3, 0.4) is 0 Å². The topological polar surface area (TPSA) is 104 Å². The van der Waals surface area contributed by atoms with Crippen molar-refractivity contribution in [1.82, 2.24) is 20.4 Å². The van der Waals surface area contributed by atoms with Gasteiger partial charge in [-0.1, -0.05) is 18.3 Å². The zero-order chi connectivity index (χ0) is 20.8. The number of halogens is 1. The largest absolute Gasteiger partial charge is 0.356 e. The predicted molar refractivity (Wildman–Crippen MR) is 106 cm³/mol. The Labute approximate surface area is 171 Å². The molecule has 2 N–H and O–H groups in total. The number of likely N-dealkylation sites (tertiary alicyclic amines) is 1. The molecular formula is C19H22FN5O3S. The van der Waals surface area contributed by atoms with Gasteiger partial charge in [0, 0.05) is 31.2 Å². The molecule has 0 spiro atoms. The van der Waals surface area contributed by atoms with E-state index in [1.165, 1.54) is 24.3 Å². The average molecular weight is 419 g/mol. The van der Waals surface area contributed by atoms with E-state index in [1.807, 2.05) is 6.92 Å². The number of carbonyl (C=O) groups is 3. The number of nitrogens with one attached hydrogen (secondary N) is 2. The molecule has 3 rings (SSSR count). The van der Waals surface area contributed by atoms with E-state index >= 15 is 0 Å². The van der Waals surface area contributed by atoms with Gasteiger partial charge in [-0.15, -0.1) is 10.2 Å². The molecule has 8 nitrogen and oxygen atoms in total. The van der Waals surface area contributed by atoms with Crippen molar-refractivity contribution in [3.05, 3.63) is 40.1 Å². The molecule has 29 heavy (non-hydrogen) atoms. The van der Waals surface area contributed by atoms with Gasteiger partial charge >= 0.3 is 0 Å². The zero-order valence-electron chi connectivity index (χ0n) is 16.0. The van der Waals surface area contributed by atoms with Crippen molar-refractivity contribution in [1.29, 1.82) is 0 Å². The Kier molecular flexibility index (Phi) is 6.86. The summed E-state index contributed by atoms with van der Waals surface area (Å²) < 4.78 is 12.9. The van der Waals surface area contributed by atoms with Crippen LogP contribution in [0.5, 0.6) is 0 Å². The van der Waals surface area contributed by atoms with Crippen LogP contribution in [0.1, 0.15) is 45.8 Å². The van der Waals surface area contributed by atoms with Crippen molar-refractivity contribution < 1.29 is 18.8 Å². The molecule has 1 saturated heterocycles. The number of hydrogen-bond acceptors (Lipinski definition) is 6. The number of benzene rings is 1. The number of carbonyl (C=O) groups excluding carboxylic acids is 3. The summed E-state index contributed by atoms with van der Waals surface area (Å²) in [5.41, 5.74) is 0.419. The third kappa shape index (κ3) is 5.35. The van der Waals surface area contributed by atoms with Gasteiger partial charge in [0.25, 0.3) is 11.8 Å². The first kappa shape index (κ1) is 20.8. The normalized spacial score (nSPS) is 14.5. The Morgan fingerprint density at radius 1 is 1.14 bits per heavy atom. The number of rotatable bonds is 6. The van der Waals surface area contributed by atoms with Gasteiger partial charge in [0.1, 0.15) is 5.82 Å². The zero-order valence-corrected chi connectivity index (χ0v) is 16.8. The predicted octanol–water partition coefficient (Wildman–Crippen LogP) is 2.31. The summed E-state index contributed by atoms with van der Waals surface area (Å²) in [4.78, 5) is 38.6. The second-order valence-corrected chi connectivity index (χ2v) is 7.71. The van der Waals surface area contributed by atoms with E-state index in [2.05, 4.69) is 20.8 Å². The maximum atomic E-state index is 12.9. The van der Waals surface area contributed by atoms with Gasteiger partial charge in [0.15, 0.2) is 0 Å². The lowest BCUT2D eigenvalue weighted by Crippen LogP contribution is -2.43. The molecule has 0 radical (unpaired) electrons. The quantitative estimate of drug-likeness (QED) is 0.748. The smallest absolute Gasteiger partial charge is 0.286 e. The molecule has 1 aromatic carbocycles. The SMILES string of the molecule is CCCNC(=O)C1CCN(C(=O)c2nnc(C(=O)Nc3ccc(F)cc3)s2)CC1. The van der Waals surface area contributed by atoms with Crippen LogP contribution in [0.25, 0.3) is 0 Å². The molecule has 0 aliphatic carbocycles. The highest BCUT2D eigenvalue weighted by molar-refractivity contribution is 7.15. The first-order chi connectivity index (χ1) is 14.0. The molecule has 0 saturated carbocycles. The molecule has 1 aliphatic rings. The minimum Gasteiger partial charge on any atom is -0.356 e. The fraction of sp³-hybridized carbons (Fsp3) is 0.421. The maximum Gasteiger partial charge on any atom is 0.286 e. The van der Waals surface area contributed by atoms with E-state index in [9.17, 15) is 18.8 Å². The van der Waals surface area contributed by atoms with Crippen molar-refractivity contribution in [2.45, 2.75) is 26.2 Å². The molecule has 0 bridgehead atoms. The van der Waals surface area contributed by atoms with Crippen LogP contribution >= 0.6 is 11.3 Å². The van der Waals surface area contributed by atoms with E-state index in [-0.39, 0.29) is 27.7 Å². The lowest BCUT2D eigenvalue weighted by molar-refractivity contribution is -0.126. The summed E-state index contributed by atoms with van der Waals surface area (Å²) in [6.45, 7) is 3.57. The Bertz CT molecular complexity index is 878. The van der Waals surface area contributed by atoms with Crippen molar-refractivity contribution in [2.24, 2.45) is 5.92 Å². The van der Waals surface area contributed by atoms with Gasteiger partial charge in [-0.3, -0.25) is 14.4 Å². The molecule has 3 amide bonds. The van der Waals surface area contributed by atoms with Gasteiger partial charge < -0.3 is 15.5 Å². The van der Waals surface area contributed by atoms with Crippen LogP contribution in [0, 0.1) is 11.7 Å². The number of piperidine rings is 1. The second-order valence-electron chi connectivity index (χ2n) is 6.73. The fourth-order valence-electron chi connectivity index (χ4n) is 2.99. The molecule has 1 fully saturated rings. The number of nitrogens with zero attached hydrogens (tertiary/aromatic N) is 3. The molecule has 154 valence electrons. The van der Waals surface area contributed by atoms with Gasteiger partial charge in [-0.05, 0) is 43.5 Å². The van der Waals surface area contributed by atoms with Gasteiger partial charge in [-0.25, -0.2) is 4.39 Å². The minimum absolute atomic E-state index is 0.0367. The minimum atomic E-state index is -0.514. The van der Waals surface area contributed by atoms with E-state index in [0.717, 1.165) is 17.8 Å². The maximum absolute atomic E-state index is 12.9. The van der Waals surface area contributed by atoms with E-state index in [4.69, 9.17) is 0 Å². The average Bonchev–Trinajstić information content (AvgIpc) is 3.23. The van der Waals surface area contributed by atoms with E-state index in [1.54, 1.807) is 4.90 Å². The molecule has 1 aliphatic heterocycles. The van der Waals surface area contributed by atoms with Gasteiger partial charge in [0.05, 0.1) is 0 Å². The highest BCUT2D eigenvalue weighted by atomic mass is 32.1. The highest BCUT2D eigenvalue weighted by Gasteiger charge is 2.29. The first-order valence-corrected chi connectivity index (χ1v) is 10.3. The Morgan fingerprint density at radius 2 is 1.79 bits per heavy atom. The Hall–Kier alpha value is -2.88. The highest BCUT2D eigenvalue weighted by Crippen LogP contribution is 2.21. The number of anilines is 1. The van der Waals surface area contributed by atoms with Crippen molar-refractivity contribution in [2.75, 3.05) is 25.0 Å². The first-order valence-electron chi connectivity index (χ1n) is 9.45. The summed E-state index contributed by atoms with van der Waals surface area (Å²) in [5.74, 6) is -1.26. The fourth-order valence-corrected chi connectivity index (χ4v) is 3.70. The molecule has 0 atom stereocenters. The summed E-state index contributed by atoms with van der Waals surface area (Å²) >= 11 is 0.905. The summed E-state index contributed by atoms with van der Waals surface area (Å²) in [6.07, 6.45) is 2.08. The third-order valence-electron chi connectivity index (χ3n) is 4.61. The Balaban J connectivity index is 1.55. The molecular weight excluding hydrogens is 397 g/mol. The second kappa shape index (κ2) is 9.55. The molecule has 2 aromatic rings. The van der Waals surface area contributed by atoms with Crippen LogP contribution in [0.2, 0.25) is 0 Å². The monoisotopic (exact) mass is 419 g/mol. The van der Waals surface area contributed by atoms with Crippen molar-refractivity contribution >= 4 is 34.7 Å². The van der Waals surface area contributed by atoms with Crippen LogP contribution in [-0.2, 0) is 4.79 Å². The Morgan fingerprint density at radius 3 is 2.45 bits per heavy atom. The van der Waals surface area contributed by atoms with Crippen molar-refractivity contribution in [3.63, 3.8) is 0 Å². The van der Waals surface area contributed by atoms with Gasteiger partial charge in [0.2, 0.25) is 15.9 Å². The number of amides is 3. The summed E-state index contributed by atoms with van der Waals surface area (Å²) in [5, 5.41) is 13.3. The molecule has 0 unspecified atom stereocenters. The molecule has 2 heterocycles.